The van der Waals surface area contributed by atoms with Crippen molar-refractivity contribution in [2.24, 2.45) is 0 Å². The SMILES string of the molecule is c1ccc(N2c3ccccc3-c3ccc(N(c4ccc5c(c4)c4ccccc4n5-c4ccccc4)c4ccc5c(c4)c4ccccc4n5-c4ccc5ccccc5c4)c4cccc2c34)cc1. The Morgan fingerprint density at radius 1 is 0.288 bits per heavy atom. The second-order valence-corrected chi connectivity index (χ2v) is 17.3. The molecule has 66 heavy (non-hydrogen) atoms. The molecule has 0 fully saturated rings. The largest absolute Gasteiger partial charge is 0.310 e. The van der Waals surface area contributed by atoms with Crippen molar-refractivity contribution in [2.75, 3.05) is 9.80 Å². The third kappa shape index (κ3) is 5.39. The summed E-state index contributed by atoms with van der Waals surface area (Å²) in [6, 6.07) is 88.9. The molecule has 2 aromatic heterocycles. The van der Waals surface area contributed by atoms with Crippen molar-refractivity contribution in [2.45, 2.75) is 0 Å². The van der Waals surface area contributed by atoms with Crippen LogP contribution >= 0.6 is 0 Å². The summed E-state index contributed by atoms with van der Waals surface area (Å²) < 4.78 is 4.82. The highest BCUT2D eigenvalue weighted by molar-refractivity contribution is 6.19. The maximum absolute atomic E-state index is 2.49. The fourth-order valence-electron chi connectivity index (χ4n) is 10.9. The quantitative estimate of drug-likeness (QED) is 0.166. The number of hydrogen-bond acceptors (Lipinski definition) is 2. The Kier molecular flexibility index (Phi) is 7.95. The van der Waals surface area contributed by atoms with E-state index in [1.54, 1.807) is 0 Å². The molecule has 0 unspecified atom stereocenters. The van der Waals surface area contributed by atoms with E-state index in [0.717, 1.165) is 34.1 Å². The second-order valence-electron chi connectivity index (χ2n) is 17.3. The molecule has 308 valence electrons. The van der Waals surface area contributed by atoms with E-state index in [9.17, 15) is 0 Å². The molecule has 3 heterocycles. The van der Waals surface area contributed by atoms with Crippen LogP contribution < -0.4 is 9.80 Å². The van der Waals surface area contributed by atoms with Crippen LogP contribution in [0.4, 0.5) is 34.1 Å². The van der Waals surface area contributed by atoms with Gasteiger partial charge < -0.3 is 18.9 Å². The predicted octanol–water partition coefficient (Wildman–Crippen LogP) is 17.1. The molecule has 4 nitrogen and oxygen atoms in total. The fraction of sp³-hybridized carbons (Fsp3) is 0. The average molecular weight is 841 g/mol. The molecule has 0 N–H and O–H groups in total. The van der Waals surface area contributed by atoms with Gasteiger partial charge in [-0.15, -0.1) is 0 Å². The summed E-state index contributed by atoms with van der Waals surface area (Å²) in [6.45, 7) is 0. The van der Waals surface area contributed by atoms with Crippen molar-refractivity contribution < 1.29 is 0 Å². The Balaban J connectivity index is 1.05. The number of hydrogen-bond donors (Lipinski definition) is 0. The first-order valence-electron chi connectivity index (χ1n) is 22.7. The molecule has 0 atom stereocenters. The predicted molar refractivity (Wildman–Crippen MR) is 278 cm³/mol. The van der Waals surface area contributed by atoms with E-state index in [2.05, 4.69) is 262 Å². The summed E-state index contributed by atoms with van der Waals surface area (Å²) in [7, 11) is 0. The Hall–Kier alpha value is -8.86. The Morgan fingerprint density at radius 2 is 0.833 bits per heavy atom. The van der Waals surface area contributed by atoms with Gasteiger partial charge in [0.25, 0.3) is 0 Å². The minimum Gasteiger partial charge on any atom is -0.310 e. The monoisotopic (exact) mass is 840 g/mol. The van der Waals surface area contributed by atoms with Crippen molar-refractivity contribution in [3.8, 4) is 22.5 Å². The third-order valence-corrected chi connectivity index (χ3v) is 13.8. The van der Waals surface area contributed by atoms with Crippen molar-refractivity contribution in [1.29, 1.82) is 0 Å². The van der Waals surface area contributed by atoms with E-state index in [4.69, 9.17) is 0 Å². The summed E-state index contributed by atoms with van der Waals surface area (Å²) in [5, 5.41) is 9.73. The molecule has 0 saturated heterocycles. The van der Waals surface area contributed by atoms with Crippen LogP contribution in [-0.2, 0) is 0 Å². The lowest BCUT2D eigenvalue weighted by Crippen LogP contribution is -2.16. The lowest BCUT2D eigenvalue weighted by Gasteiger charge is -2.35. The van der Waals surface area contributed by atoms with Gasteiger partial charge in [0.2, 0.25) is 0 Å². The highest BCUT2D eigenvalue weighted by atomic mass is 15.2. The van der Waals surface area contributed by atoms with Crippen LogP contribution in [0.25, 0.3) is 87.7 Å². The molecule has 4 heteroatoms. The van der Waals surface area contributed by atoms with Crippen LogP contribution in [-0.4, -0.2) is 9.13 Å². The van der Waals surface area contributed by atoms with Gasteiger partial charge in [-0.25, -0.2) is 0 Å². The number of benzene rings is 11. The summed E-state index contributed by atoms with van der Waals surface area (Å²) in [5.74, 6) is 0. The zero-order valence-electron chi connectivity index (χ0n) is 35.9. The topological polar surface area (TPSA) is 16.3 Å². The number of rotatable bonds is 6. The van der Waals surface area contributed by atoms with Crippen molar-refractivity contribution in [1.82, 2.24) is 9.13 Å². The number of nitrogens with zero attached hydrogens (tertiary/aromatic N) is 4. The number of aromatic nitrogens is 2. The van der Waals surface area contributed by atoms with Crippen LogP contribution in [0.3, 0.4) is 0 Å². The summed E-state index contributed by atoms with van der Waals surface area (Å²) in [6.07, 6.45) is 0. The Morgan fingerprint density at radius 3 is 1.55 bits per heavy atom. The van der Waals surface area contributed by atoms with Crippen LogP contribution in [0.2, 0.25) is 0 Å². The maximum Gasteiger partial charge on any atom is 0.0547 e. The smallest absolute Gasteiger partial charge is 0.0547 e. The summed E-state index contributed by atoms with van der Waals surface area (Å²) in [4.78, 5) is 4.92. The van der Waals surface area contributed by atoms with Crippen molar-refractivity contribution >= 4 is 99.3 Å². The number of fused-ring (bicyclic) bond motifs is 9. The molecule has 0 saturated carbocycles. The third-order valence-electron chi connectivity index (χ3n) is 13.8. The molecule has 0 aliphatic carbocycles. The fourth-order valence-corrected chi connectivity index (χ4v) is 10.9. The zero-order chi connectivity index (χ0) is 43.3. The summed E-state index contributed by atoms with van der Waals surface area (Å²) in [5.41, 5.74) is 16.3. The second kappa shape index (κ2) is 14.3. The Labute approximate surface area is 381 Å². The van der Waals surface area contributed by atoms with E-state index in [1.165, 1.54) is 87.7 Å². The van der Waals surface area contributed by atoms with Gasteiger partial charge in [0.1, 0.15) is 0 Å². The van der Waals surface area contributed by atoms with Gasteiger partial charge in [-0.2, -0.15) is 0 Å². The van der Waals surface area contributed by atoms with Crippen molar-refractivity contribution in [3.05, 3.63) is 243 Å². The molecule has 0 amide bonds. The number of para-hydroxylation sites is 5. The Bertz CT molecular complexity index is 4070. The molecule has 0 spiro atoms. The van der Waals surface area contributed by atoms with E-state index in [0.29, 0.717) is 0 Å². The van der Waals surface area contributed by atoms with Crippen molar-refractivity contribution in [3.63, 3.8) is 0 Å². The maximum atomic E-state index is 2.49. The van der Waals surface area contributed by atoms with Gasteiger partial charge in [0.05, 0.1) is 39.1 Å². The first-order chi connectivity index (χ1) is 32.8. The molecule has 0 bridgehead atoms. The highest BCUT2D eigenvalue weighted by Gasteiger charge is 2.29. The lowest BCUT2D eigenvalue weighted by molar-refractivity contribution is 1.18. The zero-order valence-corrected chi connectivity index (χ0v) is 35.9. The van der Waals surface area contributed by atoms with E-state index < -0.39 is 0 Å². The first kappa shape index (κ1) is 36.6. The summed E-state index contributed by atoms with van der Waals surface area (Å²) >= 11 is 0. The van der Waals surface area contributed by atoms with E-state index in [1.807, 2.05) is 0 Å². The molecule has 1 aliphatic heterocycles. The lowest BCUT2D eigenvalue weighted by atomic mass is 9.89. The average Bonchev–Trinajstić information content (AvgIpc) is 3.90. The first-order valence-corrected chi connectivity index (χ1v) is 22.7. The van der Waals surface area contributed by atoms with E-state index >= 15 is 0 Å². The highest BCUT2D eigenvalue weighted by Crippen LogP contribution is 2.54. The molecular weight excluding hydrogens is 801 g/mol. The van der Waals surface area contributed by atoms with Crippen LogP contribution in [0.1, 0.15) is 0 Å². The molecule has 1 aliphatic rings. The van der Waals surface area contributed by atoms with Crippen LogP contribution in [0.15, 0.2) is 243 Å². The minimum atomic E-state index is 1.09. The van der Waals surface area contributed by atoms with Gasteiger partial charge in [-0.3, -0.25) is 0 Å². The number of anilines is 6. The molecule has 0 radical (unpaired) electrons. The molecule has 13 aromatic rings. The normalized spacial score (nSPS) is 12.2. The van der Waals surface area contributed by atoms with Gasteiger partial charge in [0, 0.05) is 66.3 Å². The van der Waals surface area contributed by atoms with Gasteiger partial charge in [0.15, 0.2) is 0 Å². The van der Waals surface area contributed by atoms with E-state index in [-0.39, 0.29) is 0 Å². The minimum absolute atomic E-state index is 1.09. The standard InChI is InChI=1S/C62H40N4/c1-3-18-43(19-4-1)64-56-27-13-10-23-49(56)53-39-46(32-35-59(53)64)63(47-33-36-60-54(40-47)50-24-11-14-28-57(50)66(60)45-31-30-41-16-7-8-17-42(41)38-45)58-37-34-51-48-22-9-12-26-55(48)65(44-20-5-2-6-21-44)61-29-15-25-52(58)62(51)61/h1-40H. The van der Waals surface area contributed by atoms with Gasteiger partial charge in [-0.1, -0.05) is 140 Å². The van der Waals surface area contributed by atoms with Gasteiger partial charge >= 0.3 is 0 Å². The van der Waals surface area contributed by atoms with Gasteiger partial charge in [-0.05, 0) is 119 Å². The van der Waals surface area contributed by atoms with Crippen LogP contribution in [0.5, 0.6) is 0 Å². The van der Waals surface area contributed by atoms with Crippen LogP contribution in [0, 0.1) is 0 Å². The molecule has 14 rings (SSSR count). The molecule has 11 aromatic carbocycles. The molecular formula is C62H40N4.